The molecule has 1 aromatic heterocycles. The number of benzene rings is 2. The number of carbonyl (C=O) groups excluding carboxylic acids is 2. The number of aromatic amines is 2. The molecule has 9 nitrogen and oxygen atoms in total. The summed E-state index contributed by atoms with van der Waals surface area (Å²) in [5, 5.41) is 12.1. The molecule has 3 amide bonds. The first-order chi connectivity index (χ1) is 13.5. The average molecular weight is 399 g/mol. The molecule has 2 heterocycles. The fourth-order valence-electron chi connectivity index (χ4n) is 2.92. The monoisotopic (exact) mass is 398 g/mol. The molecule has 3 aromatic rings. The lowest BCUT2D eigenvalue weighted by molar-refractivity contribution is 0.102. The summed E-state index contributed by atoms with van der Waals surface area (Å²) in [5.41, 5.74) is 1.59. The molecule has 1 aliphatic heterocycles. The molecule has 4 rings (SSSR count). The van der Waals surface area contributed by atoms with Crippen molar-refractivity contribution in [1.29, 1.82) is 0 Å². The zero-order chi connectivity index (χ0) is 19.7. The van der Waals surface area contributed by atoms with E-state index in [0.29, 0.717) is 46.4 Å². The fourth-order valence-corrected chi connectivity index (χ4v) is 3.14. The highest BCUT2D eigenvalue weighted by Gasteiger charge is 2.24. The summed E-state index contributed by atoms with van der Waals surface area (Å²) < 4.78 is 0. The van der Waals surface area contributed by atoms with E-state index in [1.807, 2.05) is 0 Å². The van der Waals surface area contributed by atoms with E-state index in [2.05, 4.69) is 25.8 Å². The van der Waals surface area contributed by atoms with Gasteiger partial charge in [-0.3, -0.25) is 14.7 Å². The Labute approximate surface area is 163 Å². The molecule has 0 unspecified atom stereocenters. The summed E-state index contributed by atoms with van der Waals surface area (Å²) in [6, 6.07) is 11.4. The molecular weight excluding hydrogens is 384 g/mol. The zero-order valence-corrected chi connectivity index (χ0v) is 15.2. The molecule has 1 aliphatic rings. The molecule has 4 N–H and O–H groups in total. The number of rotatable bonds is 4. The quantitative estimate of drug-likeness (QED) is 0.538. The molecule has 1 saturated heterocycles. The minimum Gasteiger partial charge on any atom is -0.336 e. The van der Waals surface area contributed by atoms with Crippen LogP contribution in [0.2, 0.25) is 5.02 Å². The smallest absolute Gasteiger partial charge is 0.336 e. The summed E-state index contributed by atoms with van der Waals surface area (Å²) in [6.45, 7) is 1.00. The fraction of sp³-hybridized carbons (Fsp3) is 0.111. The number of urea groups is 1. The molecular formula is C18H15ClN6O3. The summed E-state index contributed by atoms with van der Waals surface area (Å²) in [4.78, 5) is 39.8. The first-order valence-corrected chi connectivity index (χ1v) is 8.80. The van der Waals surface area contributed by atoms with Crippen LogP contribution < -0.4 is 21.2 Å². The molecule has 0 atom stereocenters. The van der Waals surface area contributed by atoms with Crippen LogP contribution in [0.4, 0.5) is 16.2 Å². The third-order valence-corrected chi connectivity index (χ3v) is 4.57. The van der Waals surface area contributed by atoms with Crippen molar-refractivity contribution in [3.8, 4) is 11.4 Å². The van der Waals surface area contributed by atoms with Crippen molar-refractivity contribution in [3.05, 3.63) is 63.5 Å². The van der Waals surface area contributed by atoms with Gasteiger partial charge in [-0.15, -0.1) is 0 Å². The summed E-state index contributed by atoms with van der Waals surface area (Å²) >= 11 is 6.20. The van der Waals surface area contributed by atoms with Crippen LogP contribution in [0.15, 0.2) is 47.3 Å². The van der Waals surface area contributed by atoms with Gasteiger partial charge in [-0.1, -0.05) is 23.7 Å². The summed E-state index contributed by atoms with van der Waals surface area (Å²) in [5.74, 6) is 0.0140. The molecule has 0 saturated carbocycles. The predicted octanol–water partition coefficient (Wildman–Crippen LogP) is 2.20. The maximum Gasteiger partial charge on any atom is 0.340 e. The number of H-pyrrole nitrogens is 2. The molecule has 0 bridgehead atoms. The van der Waals surface area contributed by atoms with E-state index < -0.39 is 5.69 Å². The molecule has 0 aliphatic carbocycles. The van der Waals surface area contributed by atoms with Crippen molar-refractivity contribution < 1.29 is 9.59 Å². The first-order valence-electron chi connectivity index (χ1n) is 8.42. The number of hydrogen-bond donors (Lipinski definition) is 4. The van der Waals surface area contributed by atoms with Crippen molar-refractivity contribution in [2.75, 3.05) is 23.3 Å². The van der Waals surface area contributed by atoms with Gasteiger partial charge in [-0.2, -0.15) is 5.10 Å². The zero-order valence-electron chi connectivity index (χ0n) is 14.5. The van der Waals surface area contributed by atoms with E-state index in [-0.39, 0.29) is 11.9 Å². The third-order valence-electron chi connectivity index (χ3n) is 4.25. The highest BCUT2D eigenvalue weighted by Crippen LogP contribution is 2.28. The van der Waals surface area contributed by atoms with E-state index in [1.54, 1.807) is 42.5 Å². The molecule has 1 fully saturated rings. The summed E-state index contributed by atoms with van der Waals surface area (Å²) in [7, 11) is 0. The second kappa shape index (κ2) is 7.20. The van der Waals surface area contributed by atoms with E-state index in [1.165, 1.54) is 4.90 Å². The first kappa shape index (κ1) is 17.8. The second-order valence-corrected chi connectivity index (χ2v) is 6.52. The Morgan fingerprint density at radius 3 is 2.75 bits per heavy atom. The SMILES string of the molecule is O=C(Nc1cccc(-c2n[nH]c(=O)[nH]2)c1)c1ccc(Cl)c(N2CCNC2=O)c1. The van der Waals surface area contributed by atoms with Gasteiger partial charge in [0, 0.05) is 29.9 Å². The maximum absolute atomic E-state index is 12.7. The van der Waals surface area contributed by atoms with E-state index in [9.17, 15) is 14.4 Å². The number of carbonyl (C=O) groups is 2. The van der Waals surface area contributed by atoms with Crippen LogP contribution in [0, 0.1) is 0 Å². The lowest BCUT2D eigenvalue weighted by Crippen LogP contribution is -2.28. The number of anilines is 2. The number of amides is 3. The van der Waals surface area contributed by atoms with Crippen LogP contribution in [0.5, 0.6) is 0 Å². The largest absolute Gasteiger partial charge is 0.340 e. The van der Waals surface area contributed by atoms with Crippen molar-refractivity contribution >= 4 is 34.9 Å². The van der Waals surface area contributed by atoms with Crippen LogP contribution >= 0.6 is 11.6 Å². The van der Waals surface area contributed by atoms with Crippen molar-refractivity contribution in [2.24, 2.45) is 0 Å². The number of aromatic nitrogens is 3. The maximum atomic E-state index is 12.7. The molecule has 142 valence electrons. The normalized spacial score (nSPS) is 13.5. The lowest BCUT2D eigenvalue weighted by atomic mass is 10.1. The van der Waals surface area contributed by atoms with Gasteiger partial charge < -0.3 is 10.6 Å². The summed E-state index contributed by atoms with van der Waals surface area (Å²) in [6.07, 6.45) is 0. The van der Waals surface area contributed by atoms with Gasteiger partial charge in [-0.05, 0) is 30.3 Å². The van der Waals surface area contributed by atoms with Crippen LogP contribution in [0.3, 0.4) is 0 Å². The number of halogens is 1. The Kier molecular flexibility index (Phi) is 4.58. The van der Waals surface area contributed by atoms with Gasteiger partial charge in [0.25, 0.3) is 5.91 Å². The van der Waals surface area contributed by atoms with E-state index >= 15 is 0 Å². The third kappa shape index (κ3) is 3.47. The van der Waals surface area contributed by atoms with E-state index in [4.69, 9.17) is 11.6 Å². The van der Waals surface area contributed by atoms with Gasteiger partial charge in [0.05, 0.1) is 10.7 Å². The van der Waals surface area contributed by atoms with Crippen LogP contribution in [-0.4, -0.2) is 40.2 Å². The average Bonchev–Trinajstić information content (AvgIpc) is 3.30. The lowest BCUT2D eigenvalue weighted by Gasteiger charge is -2.17. The second-order valence-electron chi connectivity index (χ2n) is 6.11. The Morgan fingerprint density at radius 2 is 2.04 bits per heavy atom. The molecule has 0 spiro atoms. The Balaban J connectivity index is 1.57. The molecule has 0 radical (unpaired) electrons. The number of nitrogens with zero attached hydrogens (tertiary/aromatic N) is 2. The van der Waals surface area contributed by atoms with Gasteiger partial charge in [0.2, 0.25) is 0 Å². The number of nitrogens with one attached hydrogen (secondary N) is 4. The van der Waals surface area contributed by atoms with Crippen LogP contribution in [0.25, 0.3) is 11.4 Å². The standard InChI is InChI=1S/C18H15ClN6O3/c19-13-5-4-11(9-14(13)25-7-6-20-18(25)28)16(26)21-12-3-1-2-10(8-12)15-22-17(27)24-23-15/h1-5,8-9H,6-7H2,(H,20,28)(H,21,26)(H2,22,23,24,27). The molecule has 2 aromatic carbocycles. The van der Waals surface area contributed by atoms with Crippen LogP contribution in [-0.2, 0) is 0 Å². The highest BCUT2D eigenvalue weighted by atomic mass is 35.5. The predicted molar refractivity (Wildman–Crippen MR) is 105 cm³/mol. The van der Waals surface area contributed by atoms with Crippen molar-refractivity contribution in [1.82, 2.24) is 20.5 Å². The van der Waals surface area contributed by atoms with Gasteiger partial charge in [0.15, 0.2) is 5.82 Å². The van der Waals surface area contributed by atoms with Gasteiger partial charge in [-0.25, -0.2) is 14.7 Å². The topological polar surface area (TPSA) is 123 Å². The Hall–Kier alpha value is -3.59. The van der Waals surface area contributed by atoms with Crippen molar-refractivity contribution in [2.45, 2.75) is 0 Å². The van der Waals surface area contributed by atoms with Gasteiger partial charge >= 0.3 is 11.7 Å². The molecule has 28 heavy (non-hydrogen) atoms. The minimum absolute atomic E-state index is 0.250. The highest BCUT2D eigenvalue weighted by molar-refractivity contribution is 6.34. The minimum atomic E-state index is -0.413. The Bertz CT molecular complexity index is 1120. The Morgan fingerprint density at radius 1 is 1.18 bits per heavy atom. The van der Waals surface area contributed by atoms with Crippen molar-refractivity contribution in [3.63, 3.8) is 0 Å². The van der Waals surface area contributed by atoms with Crippen LogP contribution in [0.1, 0.15) is 10.4 Å². The molecule has 10 heteroatoms. The van der Waals surface area contributed by atoms with E-state index in [0.717, 1.165) is 0 Å². The number of hydrogen-bond acceptors (Lipinski definition) is 4. The van der Waals surface area contributed by atoms with Gasteiger partial charge in [0.1, 0.15) is 0 Å².